The van der Waals surface area contributed by atoms with Crippen LogP contribution >= 0.6 is 0 Å². The molecule has 6 heteroatoms. The van der Waals surface area contributed by atoms with Crippen molar-refractivity contribution in [3.8, 4) is 5.75 Å². The van der Waals surface area contributed by atoms with Gasteiger partial charge in [-0.3, -0.25) is 9.69 Å². The minimum atomic E-state index is -0.0223. The van der Waals surface area contributed by atoms with Crippen molar-refractivity contribution in [3.05, 3.63) is 64.7 Å². The van der Waals surface area contributed by atoms with Gasteiger partial charge in [-0.05, 0) is 23.3 Å². The summed E-state index contributed by atoms with van der Waals surface area (Å²) in [5.41, 5.74) is 4.05. The summed E-state index contributed by atoms with van der Waals surface area (Å²) in [7, 11) is 0. The minimum absolute atomic E-state index is 0.0223. The van der Waals surface area contributed by atoms with E-state index in [4.69, 9.17) is 9.47 Å². The number of carbonyl (C=O) groups is 1. The second-order valence-corrected chi connectivity index (χ2v) is 7.20. The van der Waals surface area contributed by atoms with Gasteiger partial charge in [0, 0.05) is 50.4 Å². The molecule has 0 spiro atoms. The van der Waals surface area contributed by atoms with E-state index in [-0.39, 0.29) is 5.91 Å². The highest BCUT2D eigenvalue weighted by atomic mass is 16.5. The maximum atomic E-state index is 11.7. The van der Waals surface area contributed by atoms with E-state index in [9.17, 15) is 4.79 Å². The van der Waals surface area contributed by atoms with E-state index in [0.717, 1.165) is 68.4 Å². The van der Waals surface area contributed by atoms with E-state index in [1.807, 2.05) is 18.2 Å². The Balaban J connectivity index is 1.22. The van der Waals surface area contributed by atoms with Gasteiger partial charge in [-0.15, -0.1) is 0 Å². The second kappa shape index (κ2) is 9.19. The summed E-state index contributed by atoms with van der Waals surface area (Å²) < 4.78 is 11.3. The number of nitrogens with one attached hydrogen (secondary N) is 2. The third-order valence-electron chi connectivity index (χ3n) is 5.26. The number of nitrogens with zero attached hydrogens (tertiary/aromatic N) is 1. The van der Waals surface area contributed by atoms with Crippen LogP contribution in [0.5, 0.6) is 5.75 Å². The molecule has 0 unspecified atom stereocenters. The summed E-state index contributed by atoms with van der Waals surface area (Å²) in [6.45, 7) is 7.71. The van der Waals surface area contributed by atoms with Crippen LogP contribution in [0.25, 0.3) is 0 Å². The highest BCUT2D eigenvalue weighted by molar-refractivity contribution is 5.99. The van der Waals surface area contributed by atoms with Gasteiger partial charge in [-0.25, -0.2) is 0 Å². The van der Waals surface area contributed by atoms with Gasteiger partial charge in [-0.2, -0.15) is 0 Å². The number of hydrogen-bond donors (Lipinski definition) is 2. The largest absolute Gasteiger partial charge is 0.489 e. The lowest BCUT2D eigenvalue weighted by atomic mass is 10.1. The number of ether oxygens (including phenoxy) is 2. The van der Waals surface area contributed by atoms with Gasteiger partial charge in [0.25, 0.3) is 5.91 Å². The van der Waals surface area contributed by atoms with E-state index in [1.54, 1.807) is 0 Å². The lowest BCUT2D eigenvalue weighted by Gasteiger charge is -2.26. The number of benzene rings is 2. The van der Waals surface area contributed by atoms with Crippen LogP contribution in [-0.4, -0.2) is 50.2 Å². The Labute approximate surface area is 165 Å². The molecule has 1 amide bonds. The first-order chi connectivity index (χ1) is 13.8. The second-order valence-electron chi connectivity index (χ2n) is 7.20. The molecule has 28 heavy (non-hydrogen) atoms. The Morgan fingerprint density at radius 3 is 2.68 bits per heavy atom. The van der Waals surface area contributed by atoms with Crippen molar-refractivity contribution < 1.29 is 14.3 Å². The summed E-state index contributed by atoms with van der Waals surface area (Å²) in [6, 6.07) is 14.1. The number of amides is 1. The van der Waals surface area contributed by atoms with Gasteiger partial charge in [-0.1, -0.05) is 30.3 Å². The Morgan fingerprint density at radius 1 is 1.07 bits per heavy atom. The van der Waals surface area contributed by atoms with Crippen molar-refractivity contribution in [2.75, 3.05) is 39.4 Å². The smallest absolute Gasteiger partial charge is 0.252 e. The maximum Gasteiger partial charge on any atom is 0.252 e. The van der Waals surface area contributed by atoms with Gasteiger partial charge < -0.3 is 20.1 Å². The molecule has 0 bridgehead atoms. The van der Waals surface area contributed by atoms with Crippen LogP contribution in [-0.2, 0) is 24.4 Å². The fraction of sp³-hybridized carbons (Fsp3) is 0.409. The predicted octanol–water partition coefficient (Wildman–Crippen LogP) is 1.93. The molecule has 2 heterocycles. The van der Waals surface area contributed by atoms with E-state index in [1.165, 1.54) is 5.56 Å². The molecule has 2 aliphatic heterocycles. The van der Waals surface area contributed by atoms with Gasteiger partial charge in [0.2, 0.25) is 0 Å². The van der Waals surface area contributed by atoms with Gasteiger partial charge in [0.05, 0.1) is 13.2 Å². The number of morpholine rings is 1. The van der Waals surface area contributed by atoms with Crippen molar-refractivity contribution in [3.63, 3.8) is 0 Å². The average molecular weight is 381 g/mol. The zero-order valence-corrected chi connectivity index (χ0v) is 16.1. The van der Waals surface area contributed by atoms with Crippen molar-refractivity contribution in [2.24, 2.45) is 0 Å². The van der Waals surface area contributed by atoms with Crippen LogP contribution in [0.2, 0.25) is 0 Å². The van der Waals surface area contributed by atoms with Gasteiger partial charge in [0.15, 0.2) is 0 Å². The Kier molecular flexibility index (Phi) is 6.21. The molecule has 0 aromatic heterocycles. The van der Waals surface area contributed by atoms with Crippen LogP contribution < -0.4 is 15.4 Å². The summed E-state index contributed by atoms with van der Waals surface area (Å²) in [5, 5.41) is 6.35. The summed E-state index contributed by atoms with van der Waals surface area (Å²) in [6.07, 6.45) is 0. The van der Waals surface area contributed by atoms with Gasteiger partial charge in [0.1, 0.15) is 12.4 Å². The van der Waals surface area contributed by atoms with Crippen LogP contribution in [0.4, 0.5) is 0 Å². The molecule has 1 fully saturated rings. The normalized spacial score (nSPS) is 16.6. The first-order valence-electron chi connectivity index (χ1n) is 9.91. The standard InChI is InChI=1S/C22H27N3O3/c26-22-19-2-1-3-21(20(19)15-24-22)28-16-18-6-4-17(5-7-18)14-23-8-9-25-10-12-27-13-11-25/h1-7,23H,8-16H2,(H,24,26). The lowest BCUT2D eigenvalue weighted by Crippen LogP contribution is -2.40. The zero-order valence-electron chi connectivity index (χ0n) is 16.1. The number of rotatable bonds is 8. The van der Waals surface area contributed by atoms with E-state index in [2.05, 4.69) is 39.8 Å². The fourth-order valence-corrected chi connectivity index (χ4v) is 3.57. The van der Waals surface area contributed by atoms with Gasteiger partial charge >= 0.3 is 0 Å². The summed E-state index contributed by atoms with van der Waals surface area (Å²) >= 11 is 0. The molecule has 0 radical (unpaired) electrons. The number of carbonyl (C=O) groups excluding carboxylic acids is 1. The molecule has 6 nitrogen and oxygen atoms in total. The predicted molar refractivity (Wildman–Crippen MR) is 107 cm³/mol. The highest BCUT2D eigenvalue weighted by Gasteiger charge is 2.21. The highest BCUT2D eigenvalue weighted by Crippen LogP contribution is 2.26. The zero-order chi connectivity index (χ0) is 19.2. The molecule has 2 N–H and O–H groups in total. The summed E-state index contributed by atoms with van der Waals surface area (Å²) in [5.74, 6) is 0.760. The Morgan fingerprint density at radius 2 is 1.86 bits per heavy atom. The van der Waals surface area contributed by atoms with Crippen LogP contribution in [0.15, 0.2) is 42.5 Å². The molecule has 4 rings (SSSR count). The van der Waals surface area contributed by atoms with Crippen LogP contribution in [0.3, 0.4) is 0 Å². The monoisotopic (exact) mass is 381 g/mol. The quantitative estimate of drug-likeness (QED) is 0.684. The molecule has 2 aromatic rings. The number of hydrogen-bond acceptors (Lipinski definition) is 5. The maximum absolute atomic E-state index is 11.7. The Bertz CT molecular complexity index is 801. The molecular formula is C22H27N3O3. The van der Waals surface area contributed by atoms with E-state index >= 15 is 0 Å². The minimum Gasteiger partial charge on any atom is -0.489 e. The third-order valence-corrected chi connectivity index (χ3v) is 5.26. The fourth-order valence-electron chi connectivity index (χ4n) is 3.57. The van der Waals surface area contributed by atoms with Crippen molar-refractivity contribution >= 4 is 5.91 Å². The SMILES string of the molecule is O=C1NCc2c(OCc3ccc(CNCCN4CCOCC4)cc3)cccc21. The molecule has 148 valence electrons. The van der Waals surface area contributed by atoms with E-state index in [0.29, 0.717) is 13.2 Å². The van der Waals surface area contributed by atoms with Crippen LogP contribution in [0.1, 0.15) is 27.0 Å². The molecule has 0 atom stereocenters. The first-order valence-corrected chi connectivity index (χ1v) is 9.91. The third kappa shape index (κ3) is 4.70. The molecule has 1 saturated heterocycles. The number of fused-ring (bicyclic) bond motifs is 1. The molecule has 0 aliphatic carbocycles. The lowest BCUT2D eigenvalue weighted by molar-refractivity contribution is 0.0384. The first kappa shape index (κ1) is 18.9. The van der Waals surface area contributed by atoms with Crippen molar-refractivity contribution in [1.29, 1.82) is 0 Å². The molecule has 0 saturated carbocycles. The topological polar surface area (TPSA) is 62.8 Å². The summed E-state index contributed by atoms with van der Waals surface area (Å²) in [4.78, 5) is 14.2. The van der Waals surface area contributed by atoms with Crippen molar-refractivity contribution in [2.45, 2.75) is 19.7 Å². The van der Waals surface area contributed by atoms with Crippen LogP contribution in [0, 0.1) is 0 Å². The molecule has 2 aromatic carbocycles. The van der Waals surface area contributed by atoms with E-state index < -0.39 is 0 Å². The average Bonchev–Trinajstić information content (AvgIpc) is 3.13. The Hall–Kier alpha value is -2.41. The molecule has 2 aliphatic rings. The van der Waals surface area contributed by atoms with Crippen molar-refractivity contribution in [1.82, 2.24) is 15.5 Å². The molecular weight excluding hydrogens is 354 g/mol.